The van der Waals surface area contributed by atoms with Crippen molar-refractivity contribution in [2.24, 2.45) is 0 Å². The third-order valence-corrected chi connectivity index (χ3v) is 5.94. The molecule has 0 radical (unpaired) electrons. The van der Waals surface area contributed by atoms with E-state index in [1.807, 2.05) is 19.1 Å². The number of aromatic nitrogens is 2. The fraction of sp³-hybridized carbons (Fsp3) is 0.500. The van der Waals surface area contributed by atoms with Gasteiger partial charge in [-0.25, -0.2) is 8.42 Å². The molecule has 1 N–H and O–H groups in total. The molecule has 1 aliphatic rings. The van der Waals surface area contributed by atoms with Crippen molar-refractivity contribution in [1.82, 2.24) is 14.9 Å². The van der Waals surface area contributed by atoms with Crippen LogP contribution < -0.4 is 4.72 Å². The first-order chi connectivity index (χ1) is 11.0. The number of hydrogen-bond acceptors (Lipinski definition) is 5. The number of sulfonamides is 1. The Balaban J connectivity index is 1.93. The van der Waals surface area contributed by atoms with E-state index in [2.05, 4.69) is 14.9 Å². The lowest BCUT2D eigenvalue weighted by Crippen LogP contribution is -2.44. The van der Waals surface area contributed by atoms with Crippen LogP contribution >= 0.6 is 0 Å². The predicted octanol–water partition coefficient (Wildman–Crippen LogP) is 2.69. The van der Waals surface area contributed by atoms with E-state index in [-0.39, 0.29) is 4.90 Å². The van der Waals surface area contributed by atoms with Crippen molar-refractivity contribution in [2.45, 2.75) is 56.4 Å². The molecule has 6 nitrogen and oxygen atoms in total. The maximum absolute atomic E-state index is 12.8. The number of rotatable bonds is 5. The molecule has 0 spiro atoms. The largest absolute Gasteiger partial charge is 0.340 e. The Morgan fingerprint density at radius 2 is 1.87 bits per heavy atom. The monoisotopic (exact) mass is 335 g/mol. The standard InChI is InChI=1S/C16H21N3O3S/c1-3-13-6-8-14(9-7-13)23(20,21)19-16(10-4-5-11-16)15-17-12(2)22-18-15/h6-9,19H,3-5,10-11H2,1-2H3. The Morgan fingerprint density at radius 1 is 1.22 bits per heavy atom. The Bertz CT molecular complexity index is 775. The minimum Gasteiger partial charge on any atom is -0.340 e. The fourth-order valence-electron chi connectivity index (χ4n) is 3.06. The summed E-state index contributed by atoms with van der Waals surface area (Å²) in [6.07, 6.45) is 4.10. The van der Waals surface area contributed by atoms with E-state index in [1.54, 1.807) is 19.1 Å². The number of aryl methyl sites for hydroxylation is 2. The highest BCUT2D eigenvalue weighted by atomic mass is 32.2. The molecular weight excluding hydrogens is 314 g/mol. The second-order valence-corrected chi connectivity index (χ2v) is 7.71. The predicted molar refractivity (Wildman–Crippen MR) is 85.3 cm³/mol. The van der Waals surface area contributed by atoms with Gasteiger partial charge in [0, 0.05) is 6.92 Å². The maximum Gasteiger partial charge on any atom is 0.241 e. The Kier molecular flexibility index (Phi) is 4.25. The van der Waals surface area contributed by atoms with Crippen LogP contribution in [0.15, 0.2) is 33.7 Å². The van der Waals surface area contributed by atoms with Gasteiger partial charge < -0.3 is 4.52 Å². The Hall–Kier alpha value is -1.73. The quantitative estimate of drug-likeness (QED) is 0.908. The summed E-state index contributed by atoms with van der Waals surface area (Å²) in [6, 6.07) is 6.97. The zero-order valence-corrected chi connectivity index (χ0v) is 14.2. The maximum atomic E-state index is 12.8. The molecule has 1 aliphatic carbocycles. The third kappa shape index (κ3) is 3.16. The average Bonchev–Trinajstić information content (AvgIpc) is 3.17. The summed E-state index contributed by atoms with van der Waals surface area (Å²) in [5.74, 6) is 0.874. The molecule has 124 valence electrons. The molecule has 0 bridgehead atoms. The highest BCUT2D eigenvalue weighted by Gasteiger charge is 2.43. The van der Waals surface area contributed by atoms with Gasteiger partial charge >= 0.3 is 0 Å². The van der Waals surface area contributed by atoms with Crippen LogP contribution in [-0.4, -0.2) is 18.6 Å². The van der Waals surface area contributed by atoms with Gasteiger partial charge in [-0.3, -0.25) is 0 Å². The molecule has 0 amide bonds. The van der Waals surface area contributed by atoms with Gasteiger partial charge in [0.25, 0.3) is 0 Å². The molecule has 0 aliphatic heterocycles. The molecule has 1 fully saturated rings. The van der Waals surface area contributed by atoms with Crippen LogP contribution in [0.3, 0.4) is 0 Å². The van der Waals surface area contributed by atoms with Crippen LogP contribution in [0, 0.1) is 6.92 Å². The van der Waals surface area contributed by atoms with E-state index >= 15 is 0 Å². The van der Waals surface area contributed by atoms with Crippen molar-refractivity contribution in [2.75, 3.05) is 0 Å². The minimum atomic E-state index is -3.64. The summed E-state index contributed by atoms with van der Waals surface area (Å²) in [4.78, 5) is 4.53. The van der Waals surface area contributed by atoms with Crippen molar-refractivity contribution in [3.63, 3.8) is 0 Å². The molecule has 0 saturated heterocycles. The van der Waals surface area contributed by atoms with Gasteiger partial charge in [-0.15, -0.1) is 0 Å². The lowest BCUT2D eigenvalue weighted by Gasteiger charge is -2.26. The number of nitrogens with zero attached hydrogens (tertiary/aromatic N) is 2. The van der Waals surface area contributed by atoms with Crippen LogP contribution in [-0.2, 0) is 22.0 Å². The first-order valence-electron chi connectivity index (χ1n) is 7.89. The van der Waals surface area contributed by atoms with Crippen molar-refractivity contribution < 1.29 is 12.9 Å². The van der Waals surface area contributed by atoms with E-state index in [1.165, 1.54) is 0 Å². The van der Waals surface area contributed by atoms with Crippen molar-refractivity contribution >= 4 is 10.0 Å². The second kappa shape index (κ2) is 6.05. The van der Waals surface area contributed by atoms with Crippen LogP contribution in [0.5, 0.6) is 0 Å². The second-order valence-electron chi connectivity index (χ2n) is 6.03. The van der Waals surface area contributed by atoms with Crippen molar-refractivity contribution in [3.8, 4) is 0 Å². The summed E-state index contributed by atoms with van der Waals surface area (Å²) in [7, 11) is -3.64. The first kappa shape index (κ1) is 16.1. The van der Waals surface area contributed by atoms with Crippen LogP contribution in [0.1, 0.15) is 49.9 Å². The third-order valence-electron chi connectivity index (χ3n) is 4.38. The summed E-state index contributed by atoms with van der Waals surface area (Å²) in [6.45, 7) is 3.74. The zero-order chi connectivity index (χ0) is 16.5. The molecule has 1 heterocycles. The Labute approximate surface area is 136 Å². The van der Waals surface area contributed by atoms with Gasteiger partial charge in [-0.2, -0.15) is 9.71 Å². The first-order valence-corrected chi connectivity index (χ1v) is 9.37. The highest BCUT2D eigenvalue weighted by molar-refractivity contribution is 7.89. The molecule has 7 heteroatoms. The summed E-state index contributed by atoms with van der Waals surface area (Å²) < 4.78 is 33.4. The Morgan fingerprint density at radius 3 is 2.39 bits per heavy atom. The fourth-order valence-corrected chi connectivity index (χ4v) is 4.49. The summed E-state index contributed by atoms with van der Waals surface area (Å²) in [5.41, 5.74) is 0.341. The molecule has 0 atom stereocenters. The van der Waals surface area contributed by atoms with E-state index in [0.717, 1.165) is 24.8 Å². The zero-order valence-electron chi connectivity index (χ0n) is 13.4. The molecule has 2 aromatic rings. The highest BCUT2D eigenvalue weighted by Crippen LogP contribution is 2.38. The summed E-state index contributed by atoms with van der Waals surface area (Å²) >= 11 is 0. The summed E-state index contributed by atoms with van der Waals surface area (Å²) in [5, 5.41) is 3.96. The number of hydrogen-bond donors (Lipinski definition) is 1. The smallest absolute Gasteiger partial charge is 0.241 e. The van der Waals surface area contributed by atoms with Crippen molar-refractivity contribution in [3.05, 3.63) is 41.5 Å². The lowest BCUT2D eigenvalue weighted by molar-refractivity contribution is 0.338. The SMILES string of the molecule is CCc1ccc(S(=O)(=O)NC2(c3noc(C)n3)CCCC2)cc1. The molecule has 1 aromatic heterocycles. The minimum absolute atomic E-state index is 0.265. The van der Waals surface area contributed by atoms with Gasteiger partial charge in [-0.1, -0.05) is 37.1 Å². The lowest BCUT2D eigenvalue weighted by atomic mass is 9.99. The molecular formula is C16H21N3O3S. The van der Waals surface area contributed by atoms with E-state index in [9.17, 15) is 8.42 Å². The van der Waals surface area contributed by atoms with Crippen LogP contribution in [0.25, 0.3) is 0 Å². The van der Waals surface area contributed by atoms with Gasteiger partial charge in [0.15, 0.2) is 5.82 Å². The van der Waals surface area contributed by atoms with Gasteiger partial charge in [0.2, 0.25) is 15.9 Å². The molecule has 23 heavy (non-hydrogen) atoms. The number of nitrogens with one attached hydrogen (secondary N) is 1. The van der Waals surface area contributed by atoms with E-state index in [4.69, 9.17) is 4.52 Å². The van der Waals surface area contributed by atoms with Gasteiger partial charge in [-0.05, 0) is 37.0 Å². The van der Waals surface area contributed by atoms with Crippen LogP contribution in [0.2, 0.25) is 0 Å². The molecule has 1 aromatic carbocycles. The van der Waals surface area contributed by atoms with Crippen molar-refractivity contribution in [1.29, 1.82) is 0 Å². The van der Waals surface area contributed by atoms with Gasteiger partial charge in [0.05, 0.1) is 10.4 Å². The van der Waals surface area contributed by atoms with Gasteiger partial charge in [0.1, 0.15) is 0 Å². The molecule has 1 saturated carbocycles. The topological polar surface area (TPSA) is 85.1 Å². The normalized spacial score (nSPS) is 17.5. The van der Waals surface area contributed by atoms with Crippen LogP contribution in [0.4, 0.5) is 0 Å². The molecule has 3 rings (SSSR count). The molecule has 0 unspecified atom stereocenters. The number of benzene rings is 1. The van der Waals surface area contributed by atoms with E-state index < -0.39 is 15.6 Å². The van der Waals surface area contributed by atoms with E-state index in [0.29, 0.717) is 24.6 Å². The average molecular weight is 335 g/mol.